The number of para-hydroxylation sites is 2. The maximum Gasteiger partial charge on any atom is 0.178 e. The van der Waals surface area contributed by atoms with Gasteiger partial charge in [-0.3, -0.25) is 0 Å². The summed E-state index contributed by atoms with van der Waals surface area (Å²) in [6.07, 6.45) is 1.66. The predicted molar refractivity (Wildman–Crippen MR) is 98.9 cm³/mol. The van der Waals surface area contributed by atoms with Crippen LogP contribution in [0.1, 0.15) is 26.1 Å². The molecule has 0 saturated carbocycles. The lowest BCUT2D eigenvalue weighted by atomic mass is 10.3. The highest BCUT2D eigenvalue weighted by Gasteiger charge is 2.16. The summed E-state index contributed by atoms with van der Waals surface area (Å²) in [7, 11) is -1.35. The number of benzene rings is 2. The van der Waals surface area contributed by atoms with Crippen molar-refractivity contribution in [2.75, 3.05) is 5.75 Å². The van der Waals surface area contributed by atoms with Crippen LogP contribution in [0.15, 0.2) is 59.5 Å². The molecule has 0 saturated heterocycles. The summed E-state index contributed by atoms with van der Waals surface area (Å²) < 4.78 is 26.5. The van der Waals surface area contributed by atoms with Crippen LogP contribution >= 0.6 is 0 Å². The van der Waals surface area contributed by atoms with Crippen molar-refractivity contribution >= 4 is 20.9 Å². The molecule has 0 spiro atoms. The molecule has 2 aromatic carbocycles. The first-order valence-electron chi connectivity index (χ1n) is 8.17. The SMILES string of the molecule is CCC.Cn1c(CCS(=O)(=O)c2ccccc2)nc2ccccc21. The highest BCUT2D eigenvalue weighted by Crippen LogP contribution is 2.16. The van der Waals surface area contributed by atoms with Crippen molar-refractivity contribution in [1.82, 2.24) is 9.55 Å². The smallest absolute Gasteiger partial charge is 0.178 e. The van der Waals surface area contributed by atoms with Crippen LogP contribution in [0.4, 0.5) is 0 Å². The summed E-state index contributed by atoms with van der Waals surface area (Å²) in [5, 5.41) is 0. The van der Waals surface area contributed by atoms with E-state index < -0.39 is 9.84 Å². The molecule has 0 bridgehead atoms. The second-order valence-corrected chi connectivity index (χ2v) is 7.77. The van der Waals surface area contributed by atoms with Crippen LogP contribution in [-0.4, -0.2) is 23.7 Å². The van der Waals surface area contributed by atoms with Gasteiger partial charge in [0.1, 0.15) is 5.82 Å². The monoisotopic (exact) mass is 344 g/mol. The van der Waals surface area contributed by atoms with Gasteiger partial charge in [-0.15, -0.1) is 0 Å². The summed E-state index contributed by atoms with van der Waals surface area (Å²) in [5.74, 6) is 0.851. The van der Waals surface area contributed by atoms with Crippen molar-refractivity contribution in [3.63, 3.8) is 0 Å². The minimum Gasteiger partial charge on any atom is -0.331 e. The maximum atomic E-state index is 12.3. The first-order chi connectivity index (χ1) is 11.5. The highest BCUT2D eigenvalue weighted by molar-refractivity contribution is 7.91. The Labute approximate surface area is 144 Å². The standard InChI is InChI=1S/C16H16N2O2S.C3H8/c1-18-15-10-6-5-9-14(15)17-16(18)11-12-21(19,20)13-7-3-2-4-8-13;1-3-2/h2-10H,11-12H2,1H3;3H2,1-2H3. The second kappa shape index (κ2) is 8.11. The van der Waals surface area contributed by atoms with Gasteiger partial charge >= 0.3 is 0 Å². The van der Waals surface area contributed by atoms with E-state index in [0.717, 1.165) is 16.9 Å². The predicted octanol–water partition coefficient (Wildman–Crippen LogP) is 4.01. The van der Waals surface area contributed by atoms with E-state index in [0.29, 0.717) is 11.3 Å². The number of hydrogen-bond donors (Lipinski definition) is 0. The van der Waals surface area contributed by atoms with Crippen molar-refractivity contribution in [2.24, 2.45) is 7.05 Å². The molecule has 4 nitrogen and oxygen atoms in total. The molecule has 3 rings (SSSR count). The van der Waals surface area contributed by atoms with Gasteiger partial charge in [0.2, 0.25) is 0 Å². The van der Waals surface area contributed by atoms with Crippen molar-refractivity contribution < 1.29 is 8.42 Å². The van der Waals surface area contributed by atoms with Gasteiger partial charge < -0.3 is 4.57 Å². The maximum absolute atomic E-state index is 12.3. The molecule has 1 heterocycles. The minimum atomic E-state index is -3.27. The van der Waals surface area contributed by atoms with Gasteiger partial charge in [-0.05, 0) is 24.3 Å². The molecule has 0 aliphatic carbocycles. The number of rotatable bonds is 4. The fourth-order valence-electron chi connectivity index (χ4n) is 2.39. The molecule has 128 valence electrons. The van der Waals surface area contributed by atoms with Crippen LogP contribution < -0.4 is 0 Å². The summed E-state index contributed by atoms with van der Waals surface area (Å²) in [6, 6.07) is 16.3. The molecule has 5 heteroatoms. The average Bonchev–Trinajstić information content (AvgIpc) is 2.91. The van der Waals surface area contributed by atoms with Crippen LogP contribution in [0.2, 0.25) is 0 Å². The number of aromatic nitrogens is 2. The Morgan fingerprint density at radius 3 is 2.17 bits per heavy atom. The molecule has 3 aromatic rings. The molecule has 0 aliphatic rings. The van der Waals surface area contributed by atoms with Gasteiger partial charge in [0.25, 0.3) is 0 Å². The lowest BCUT2D eigenvalue weighted by molar-refractivity contribution is 0.594. The van der Waals surface area contributed by atoms with Gasteiger partial charge in [0, 0.05) is 13.5 Å². The van der Waals surface area contributed by atoms with Gasteiger partial charge in [-0.25, -0.2) is 13.4 Å². The first-order valence-corrected chi connectivity index (χ1v) is 9.83. The van der Waals surface area contributed by atoms with Crippen LogP contribution in [0.3, 0.4) is 0 Å². The number of imidazole rings is 1. The number of nitrogens with zero attached hydrogens (tertiary/aromatic N) is 2. The minimum absolute atomic E-state index is 0.0637. The van der Waals surface area contributed by atoms with E-state index in [-0.39, 0.29) is 5.75 Å². The Morgan fingerprint density at radius 2 is 1.54 bits per heavy atom. The molecule has 1 aromatic heterocycles. The van der Waals surface area contributed by atoms with E-state index in [1.165, 1.54) is 6.42 Å². The third-order valence-corrected chi connectivity index (χ3v) is 5.31. The van der Waals surface area contributed by atoms with Crippen molar-refractivity contribution in [3.8, 4) is 0 Å². The summed E-state index contributed by atoms with van der Waals surface area (Å²) >= 11 is 0. The normalized spacial score (nSPS) is 11.1. The third kappa shape index (κ3) is 4.23. The van der Waals surface area contributed by atoms with Gasteiger partial charge in [0.05, 0.1) is 21.7 Å². The molecule has 0 fully saturated rings. The van der Waals surface area contributed by atoms with E-state index in [1.807, 2.05) is 41.9 Å². The fraction of sp³-hybridized carbons (Fsp3) is 0.316. The van der Waals surface area contributed by atoms with Crippen LogP contribution in [0.5, 0.6) is 0 Å². The van der Waals surface area contributed by atoms with Crippen molar-refractivity contribution in [3.05, 3.63) is 60.4 Å². The molecule has 24 heavy (non-hydrogen) atoms. The quantitative estimate of drug-likeness (QED) is 0.718. The molecule has 0 atom stereocenters. The zero-order chi connectivity index (χ0) is 17.6. The number of fused-ring (bicyclic) bond motifs is 1. The Morgan fingerprint density at radius 1 is 0.958 bits per heavy atom. The number of hydrogen-bond acceptors (Lipinski definition) is 3. The van der Waals surface area contributed by atoms with E-state index in [9.17, 15) is 8.42 Å². The van der Waals surface area contributed by atoms with Gasteiger partial charge in [-0.2, -0.15) is 0 Å². The molecule has 0 unspecified atom stereocenters. The molecule has 0 radical (unpaired) electrons. The molecular formula is C19H24N2O2S. The first kappa shape index (κ1) is 18.2. The largest absolute Gasteiger partial charge is 0.331 e. The molecular weight excluding hydrogens is 320 g/mol. The fourth-order valence-corrected chi connectivity index (χ4v) is 3.65. The van der Waals surface area contributed by atoms with E-state index >= 15 is 0 Å². The molecule has 0 aliphatic heterocycles. The highest BCUT2D eigenvalue weighted by atomic mass is 32.2. The van der Waals surface area contributed by atoms with Crippen LogP contribution in [0, 0.1) is 0 Å². The Bertz CT molecular complexity index is 884. The summed E-state index contributed by atoms with van der Waals surface area (Å²) in [4.78, 5) is 4.87. The number of aryl methyl sites for hydroxylation is 2. The average molecular weight is 344 g/mol. The Hall–Kier alpha value is -2.14. The summed E-state index contributed by atoms with van der Waals surface area (Å²) in [6.45, 7) is 4.25. The lowest BCUT2D eigenvalue weighted by Gasteiger charge is -2.05. The molecule has 0 N–H and O–H groups in total. The Kier molecular flexibility index (Phi) is 6.15. The van der Waals surface area contributed by atoms with Crippen LogP contribution in [0.25, 0.3) is 11.0 Å². The van der Waals surface area contributed by atoms with Crippen molar-refractivity contribution in [1.29, 1.82) is 0 Å². The van der Waals surface area contributed by atoms with Gasteiger partial charge in [-0.1, -0.05) is 50.6 Å². The van der Waals surface area contributed by atoms with Crippen molar-refractivity contribution in [2.45, 2.75) is 31.6 Å². The zero-order valence-electron chi connectivity index (χ0n) is 14.4. The third-order valence-electron chi connectivity index (χ3n) is 3.58. The van der Waals surface area contributed by atoms with E-state index in [4.69, 9.17) is 0 Å². The van der Waals surface area contributed by atoms with E-state index in [1.54, 1.807) is 24.3 Å². The van der Waals surface area contributed by atoms with Crippen LogP contribution in [-0.2, 0) is 23.3 Å². The zero-order valence-corrected chi connectivity index (χ0v) is 15.3. The second-order valence-electron chi connectivity index (χ2n) is 5.66. The molecule has 0 amide bonds. The lowest BCUT2D eigenvalue weighted by Crippen LogP contribution is -2.11. The number of sulfone groups is 1. The van der Waals surface area contributed by atoms with E-state index in [2.05, 4.69) is 18.8 Å². The summed E-state index contributed by atoms with van der Waals surface area (Å²) in [5.41, 5.74) is 1.91. The topological polar surface area (TPSA) is 52.0 Å². The Balaban J connectivity index is 0.000000647. The van der Waals surface area contributed by atoms with Gasteiger partial charge in [0.15, 0.2) is 9.84 Å².